The van der Waals surface area contributed by atoms with Crippen LogP contribution in [0.5, 0.6) is 0 Å². The monoisotopic (exact) mass is 480 g/mol. The molecule has 2 aliphatic carbocycles. The maximum Gasteiger partial charge on any atom is 0.170 e. The third kappa shape index (κ3) is 7.97. The van der Waals surface area contributed by atoms with Crippen molar-refractivity contribution in [3.63, 3.8) is 0 Å². The zero-order valence-corrected chi connectivity index (χ0v) is 20.9. The van der Waals surface area contributed by atoms with Gasteiger partial charge in [0.1, 0.15) is 0 Å². The van der Waals surface area contributed by atoms with E-state index in [2.05, 4.69) is 21.3 Å². The van der Waals surface area contributed by atoms with Gasteiger partial charge in [0, 0.05) is 23.5 Å². The number of hydrogen-bond acceptors (Lipinski definition) is 2. The smallest absolute Gasteiger partial charge is 0.170 e. The Kier molecular flexibility index (Phi) is 8.95. The molecule has 4 nitrogen and oxygen atoms in total. The molecule has 0 heterocycles. The van der Waals surface area contributed by atoms with Gasteiger partial charge in [-0.05, 0) is 118 Å². The van der Waals surface area contributed by atoms with Crippen LogP contribution in [-0.4, -0.2) is 22.3 Å². The Balaban J connectivity index is 1.10. The Labute approximate surface area is 209 Å². The number of hydrogen-bond donors (Lipinski definition) is 4. The van der Waals surface area contributed by atoms with Crippen molar-refractivity contribution in [3.05, 3.63) is 60.7 Å². The molecule has 4 N–H and O–H groups in total. The molecular formula is C27H36N4S2. The van der Waals surface area contributed by atoms with Crippen molar-refractivity contribution in [1.29, 1.82) is 0 Å². The van der Waals surface area contributed by atoms with Crippen LogP contribution in [-0.2, 0) is 0 Å². The minimum atomic E-state index is 0.503. The first-order valence-electron chi connectivity index (χ1n) is 12.4. The summed E-state index contributed by atoms with van der Waals surface area (Å²) in [6.07, 6.45) is 11.5. The number of anilines is 2. The molecule has 0 saturated heterocycles. The van der Waals surface area contributed by atoms with E-state index in [1.54, 1.807) is 0 Å². The summed E-state index contributed by atoms with van der Waals surface area (Å²) >= 11 is 11.0. The first-order chi connectivity index (χ1) is 16.1. The van der Waals surface area contributed by atoms with Crippen molar-refractivity contribution < 1.29 is 0 Å². The zero-order valence-electron chi connectivity index (χ0n) is 19.3. The van der Waals surface area contributed by atoms with E-state index in [0.29, 0.717) is 12.1 Å². The highest BCUT2D eigenvalue weighted by Gasteiger charge is 2.27. The summed E-state index contributed by atoms with van der Waals surface area (Å²) < 4.78 is 0. The minimum Gasteiger partial charge on any atom is -0.360 e. The van der Waals surface area contributed by atoms with Gasteiger partial charge in [0.05, 0.1) is 0 Å². The van der Waals surface area contributed by atoms with Gasteiger partial charge in [-0.25, -0.2) is 0 Å². The van der Waals surface area contributed by atoms with E-state index in [4.69, 9.17) is 24.4 Å². The molecule has 0 aliphatic heterocycles. The van der Waals surface area contributed by atoms with E-state index in [0.717, 1.165) is 33.4 Å². The highest BCUT2D eigenvalue weighted by Crippen LogP contribution is 2.35. The molecule has 0 atom stereocenters. The van der Waals surface area contributed by atoms with Crippen molar-refractivity contribution in [3.8, 4) is 0 Å². The Morgan fingerprint density at radius 1 is 0.576 bits per heavy atom. The number of nitrogens with one attached hydrogen (secondary N) is 4. The van der Waals surface area contributed by atoms with Gasteiger partial charge in [-0.2, -0.15) is 0 Å². The molecule has 6 heteroatoms. The van der Waals surface area contributed by atoms with Crippen LogP contribution in [0.15, 0.2) is 60.7 Å². The maximum atomic E-state index is 5.51. The van der Waals surface area contributed by atoms with Gasteiger partial charge in [-0.3, -0.25) is 0 Å². The van der Waals surface area contributed by atoms with E-state index in [1.807, 2.05) is 60.7 Å². The minimum absolute atomic E-state index is 0.503. The second-order valence-corrected chi connectivity index (χ2v) is 10.4. The molecule has 2 fully saturated rings. The standard InChI is InChI=1S/C27H36N4S2/c32-26(28-22-7-3-1-4-8-22)30-24-15-11-20(12-16-24)19-21-13-17-25(18-14-21)31-27(33)29-23-9-5-2-6-10-23/h1-10,20-21,24-25H,11-19H2,(H2,28,30,32)(H2,29,31,33). The van der Waals surface area contributed by atoms with Gasteiger partial charge in [0.15, 0.2) is 10.2 Å². The number of thiocarbonyl (C=S) groups is 2. The van der Waals surface area contributed by atoms with Crippen molar-refractivity contribution >= 4 is 46.0 Å². The van der Waals surface area contributed by atoms with Crippen molar-refractivity contribution in [2.45, 2.75) is 69.9 Å². The summed E-state index contributed by atoms with van der Waals surface area (Å²) in [5.74, 6) is 1.74. The van der Waals surface area contributed by atoms with Crippen LogP contribution in [0.1, 0.15) is 57.8 Å². The summed E-state index contributed by atoms with van der Waals surface area (Å²) in [6.45, 7) is 0. The lowest BCUT2D eigenvalue weighted by Crippen LogP contribution is -2.41. The lowest BCUT2D eigenvalue weighted by atomic mass is 9.76. The molecule has 0 unspecified atom stereocenters. The largest absolute Gasteiger partial charge is 0.360 e. The topological polar surface area (TPSA) is 48.1 Å². The predicted molar refractivity (Wildman–Crippen MR) is 148 cm³/mol. The summed E-state index contributed by atoms with van der Waals surface area (Å²) in [7, 11) is 0. The van der Waals surface area contributed by atoms with Crippen LogP contribution >= 0.6 is 24.4 Å². The molecule has 2 aromatic carbocycles. The van der Waals surface area contributed by atoms with E-state index < -0.39 is 0 Å². The Hall–Kier alpha value is -2.18. The van der Waals surface area contributed by atoms with Crippen LogP contribution in [0.3, 0.4) is 0 Å². The lowest BCUT2D eigenvalue weighted by Gasteiger charge is -2.35. The molecule has 4 rings (SSSR count). The molecule has 0 aromatic heterocycles. The average molecular weight is 481 g/mol. The molecule has 0 spiro atoms. The second kappa shape index (κ2) is 12.3. The van der Waals surface area contributed by atoms with Gasteiger partial charge in [0.2, 0.25) is 0 Å². The van der Waals surface area contributed by atoms with E-state index in [1.165, 1.54) is 57.8 Å². The van der Waals surface area contributed by atoms with Gasteiger partial charge < -0.3 is 21.3 Å². The summed E-state index contributed by atoms with van der Waals surface area (Å²) in [5, 5.41) is 15.1. The van der Waals surface area contributed by atoms with Crippen molar-refractivity contribution in [1.82, 2.24) is 10.6 Å². The lowest BCUT2D eigenvalue weighted by molar-refractivity contribution is 0.217. The maximum absolute atomic E-state index is 5.51. The molecule has 0 bridgehead atoms. The van der Waals surface area contributed by atoms with Gasteiger partial charge >= 0.3 is 0 Å². The number of benzene rings is 2. The number of para-hydroxylation sites is 2. The highest BCUT2D eigenvalue weighted by atomic mass is 32.1. The molecule has 2 saturated carbocycles. The predicted octanol–water partition coefficient (Wildman–Crippen LogP) is 6.47. The molecule has 33 heavy (non-hydrogen) atoms. The number of rotatable bonds is 6. The summed E-state index contributed by atoms with van der Waals surface area (Å²) in [5.41, 5.74) is 2.09. The molecule has 0 radical (unpaired) electrons. The van der Waals surface area contributed by atoms with E-state index in [-0.39, 0.29) is 0 Å². The molecule has 0 amide bonds. The summed E-state index contributed by atoms with van der Waals surface area (Å²) in [6, 6.07) is 21.3. The van der Waals surface area contributed by atoms with Gasteiger partial charge in [0.25, 0.3) is 0 Å². The van der Waals surface area contributed by atoms with Crippen LogP contribution in [0.2, 0.25) is 0 Å². The molecule has 2 aromatic rings. The highest BCUT2D eigenvalue weighted by molar-refractivity contribution is 7.80. The molecular weight excluding hydrogens is 444 g/mol. The quantitative estimate of drug-likeness (QED) is 0.356. The third-order valence-electron chi connectivity index (χ3n) is 7.09. The average Bonchev–Trinajstić information content (AvgIpc) is 2.83. The third-order valence-corrected chi connectivity index (χ3v) is 7.53. The van der Waals surface area contributed by atoms with Crippen LogP contribution in [0.25, 0.3) is 0 Å². The second-order valence-electron chi connectivity index (χ2n) is 9.60. The van der Waals surface area contributed by atoms with Crippen LogP contribution < -0.4 is 21.3 Å². The summed E-state index contributed by atoms with van der Waals surface area (Å²) in [4.78, 5) is 0. The first-order valence-corrected chi connectivity index (χ1v) is 13.2. The van der Waals surface area contributed by atoms with E-state index >= 15 is 0 Å². The fraction of sp³-hybridized carbons (Fsp3) is 0.481. The van der Waals surface area contributed by atoms with Gasteiger partial charge in [-0.15, -0.1) is 0 Å². The SMILES string of the molecule is S=C(Nc1ccccc1)NC1CCC(CC2CCC(NC(=S)Nc3ccccc3)CC2)CC1. The van der Waals surface area contributed by atoms with Crippen LogP contribution in [0.4, 0.5) is 11.4 Å². The fourth-order valence-electron chi connectivity index (χ4n) is 5.30. The van der Waals surface area contributed by atoms with E-state index in [9.17, 15) is 0 Å². The van der Waals surface area contributed by atoms with Crippen LogP contribution in [0, 0.1) is 11.8 Å². The zero-order chi connectivity index (χ0) is 22.9. The first kappa shape index (κ1) is 24.0. The van der Waals surface area contributed by atoms with Crippen molar-refractivity contribution in [2.75, 3.05) is 10.6 Å². The molecule has 176 valence electrons. The fourth-order valence-corrected chi connectivity index (χ4v) is 5.87. The molecule has 2 aliphatic rings. The normalized spacial score (nSPS) is 25.0. The Bertz CT molecular complexity index is 800. The Morgan fingerprint density at radius 3 is 1.30 bits per heavy atom. The van der Waals surface area contributed by atoms with Crippen molar-refractivity contribution in [2.24, 2.45) is 11.8 Å². The Morgan fingerprint density at radius 2 is 0.939 bits per heavy atom. The van der Waals surface area contributed by atoms with Gasteiger partial charge in [-0.1, -0.05) is 36.4 Å².